The third-order valence-electron chi connectivity index (χ3n) is 4.20. The zero-order valence-corrected chi connectivity index (χ0v) is 17.2. The first kappa shape index (κ1) is 21.1. The van der Waals surface area contributed by atoms with E-state index in [2.05, 4.69) is 10.0 Å². The standard InChI is InChI=1S/C19H27N3O4S/c1-13(2)21-27(24,25)18-10-7-16(8-11-18)20-19(23)15(4)22(5)12-17-9-6-14(3)26-17/h6-11,13,15,21H,12H2,1-5H3,(H,20,23)/p+1/t15-/m1/s1. The second kappa shape index (κ2) is 8.69. The maximum atomic E-state index is 12.5. The topological polar surface area (TPSA) is 92.9 Å². The van der Waals surface area contributed by atoms with Crippen LogP contribution in [0.15, 0.2) is 45.7 Å². The van der Waals surface area contributed by atoms with E-state index in [4.69, 9.17) is 4.42 Å². The van der Waals surface area contributed by atoms with Gasteiger partial charge in [-0.15, -0.1) is 0 Å². The molecule has 2 rings (SSSR count). The second-order valence-corrected chi connectivity index (χ2v) is 8.76. The van der Waals surface area contributed by atoms with Gasteiger partial charge in [0.05, 0.1) is 11.9 Å². The highest BCUT2D eigenvalue weighted by molar-refractivity contribution is 7.89. The molecule has 0 aliphatic carbocycles. The molecule has 148 valence electrons. The summed E-state index contributed by atoms with van der Waals surface area (Å²) in [4.78, 5) is 13.6. The molecule has 2 aromatic rings. The Hall–Kier alpha value is -2.16. The number of sulfonamides is 1. The molecule has 1 unspecified atom stereocenters. The highest BCUT2D eigenvalue weighted by atomic mass is 32.2. The molecule has 1 amide bonds. The average molecular weight is 395 g/mol. The van der Waals surface area contributed by atoms with Gasteiger partial charge in [-0.1, -0.05) is 0 Å². The Bertz CT molecular complexity index is 873. The van der Waals surface area contributed by atoms with Gasteiger partial charge in [0, 0.05) is 11.7 Å². The van der Waals surface area contributed by atoms with E-state index in [0.29, 0.717) is 12.2 Å². The van der Waals surface area contributed by atoms with E-state index in [-0.39, 0.29) is 22.9 Å². The average Bonchev–Trinajstić information content (AvgIpc) is 2.98. The maximum Gasteiger partial charge on any atom is 0.282 e. The highest BCUT2D eigenvalue weighted by Gasteiger charge is 2.23. The van der Waals surface area contributed by atoms with Gasteiger partial charge in [0.15, 0.2) is 11.8 Å². The Balaban J connectivity index is 1.98. The summed E-state index contributed by atoms with van der Waals surface area (Å²) in [5, 5.41) is 2.83. The lowest BCUT2D eigenvalue weighted by atomic mass is 10.2. The summed E-state index contributed by atoms with van der Waals surface area (Å²) in [5.74, 6) is 1.53. The Kier molecular flexibility index (Phi) is 6.80. The molecule has 1 heterocycles. The van der Waals surface area contributed by atoms with Crippen LogP contribution in [0.2, 0.25) is 0 Å². The number of aryl methyl sites for hydroxylation is 1. The van der Waals surface area contributed by atoms with E-state index in [9.17, 15) is 13.2 Å². The van der Waals surface area contributed by atoms with E-state index in [1.807, 2.05) is 33.0 Å². The third-order valence-corrected chi connectivity index (χ3v) is 5.88. The van der Waals surface area contributed by atoms with Crippen molar-refractivity contribution in [2.45, 2.75) is 51.2 Å². The molecular weight excluding hydrogens is 366 g/mol. The van der Waals surface area contributed by atoms with Gasteiger partial charge in [0.25, 0.3) is 5.91 Å². The van der Waals surface area contributed by atoms with Gasteiger partial charge in [-0.3, -0.25) is 4.79 Å². The van der Waals surface area contributed by atoms with Crippen LogP contribution in [-0.2, 0) is 21.4 Å². The van der Waals surface area contributed by atoms with Crippen molar-refractivity contribution in [2.24, 2.45) is 0 Å². The fraction of sp³-hybridized carbons (Fsp3) is 0.421. The van der Waals surface area contributed by atoms with Crippen molar-refractivity contribution in [1.82, 2.24) is 4.72 Å². The molecule has 27 heavy (non-hydrogen) atoms. The Labute approximate surface area is 160 Å². The molecule has 0 radical (unpaired) electrons. The van der Waals surface area contributed by atoms with Crippen LogP contribution in [0, 0.1) is 6.92 Å². The summed E-state index contributed by atoms with van der Waals surface area (Å²) in [6.45, 7) is 7.84. The summed E-state index contributed by atoms with van der Waals surface area (Å²) in [7, 11) is -1.62. The predicted octanol–water partition coefficient (Wildman–Crippen LogP) is 1.32. The lowest BCUT2D eigenvalue weighted by Gasteiger charge is -2.20. The van der Waals surface area contributed by atoms with E-state index in [1.54, 1.807) is 26.0 Å². The normalized spacial score (nSPS) is 14.1. The molecule has 0 bridgehead atoms. The number of quaternary nitrogens is 1. The molecule has 0 aliphatic heterocycles. The van der Waals surface area contributed by atoms with Crippen LogP contribution in [0.5, 0.6) is 0 Å². The van der Waals surface area contributed by atoms with Crippen molar-refractivity contribution >= 4 is 21.6 Å². The number of amides is 1. The van der Waals surface area contributed by atoms with E-state index < -0.39 is 10.0 Å². The van der Waals surface area contributed by atoms with Crippen molar-refractivity contribution in [3.8, 4) is 0 Å². The Morgan fingerprint density at radius 3 is 2.26 bits per heavy atom. The number of carbonyl (C=O) groups excluding carboxylic acids is 1. The van der Waals surface area contributed by atoms with E-state index in [0.717, 1.165) is 16.4 Å². The lowest BCUT2D eigenvalue weighted by molar-refractivity contribution is -0.908. The molecule has 7 nitrogen and oxygen atoms in total. The number of hydrogen-bond acceptors (Lipinski definition) is 4. The van der Waals surface area contributed by atoms with Crippen LogP contribution in [0.1, 0.15) is 32.3 Å². The predicted molar refractivity (Wildman–Crippen MR) is 104 cm³/mol. The minimum atomic E-state index is -3.54. The molecular formula is C19H28N3O4S+. The zero-order valence-electron chi connectivity index (χ0n) is 16.4. The SMILES string of the molecule is Cc1ccc(C[NH+](C)[C@H](C)C(=O)Nc2ccc(S(=O)(=O)NC(C)C)cc2)o1. The number of benzene rings is 1. The molecule has 1 aromatic carbocycles. The minimum absolute atomic E-state index is 0.147. The first-order valence-electron chi connectivity index (χ1n) is 8.89. The third kappa shape index (κ3) is 5.92. The van der Waals surface area contributed by atoms with Crippen molar-refractivity contribution in [2.75, 3.05) is 12.4 Å². The Morgan fingerprint density at radius 1 is 1.11 bits per heavy atom. The number of carbonyl (C=O) groups is 1. The molecule has 8 heteroatoms. The molecule has 2 atom stereocenters. The van der Waals surface area contributed by atoms with Crippen LogP contribution in [0.4, 0.5) is 5.69 Å². The van der Waals surface area contributed by atoms with Crippen LogP contribution >= 0.6 is 0 Å². The van der Waals surface area contributed by atoms with Gasteiger partial charge in [-0.25, -0.2) is 13.1 Å². The number of furan rings is 1. The van der Waals surface area contributed by atoms with Gasteiger partial charge in [0.1, 0.15) is 12.3 Å². The smallest absolute Gasteiger partial charge is 0.282 e. The van der Waals surface area contributed by atoms with E-state index in [1.165, 1.54) is 12.1 Å². The number of likely N-dealkylation sites (N-methyl/N-ethyl adjacent to an activating group) is 1. The molecule has 0 aliphatic rings. The first-order valence-corrected chi connectivity index (χ1v) is 10.4. The molecule has 1 aromatic heterocycles. The van der Waals surface area contributed by atoms with Gasteiger partial charge in [-0.2, -0.15) is 0 Å². The second-order valence-electron chi connectivity index (χ2n) is 7.05. The van der Waals surface area contributed by atoms with Gasteiger partial charge in [0.2, 0.25) is 10.0 Å². The van der Waals surface area contributed by atoms with Crippen molar-refractivity contribution in [3.05, 3.63) is 47.9 Å². The summed E-state index contributed by atoms with van der Waals surface area (Å²) in [5.41, 5.74) is 0.553. The zero-order chi connectivity index (χ0) is 20.2. The monoisotopic (exact) mass is 394 g/mol. The van der Waals surface area contributed by atoms with E-state index >= 15 is 0 Å². The maximum absolute atomic E-state index is 12.5. The summed E-state index contributed by atoms with van der Waals surface area (Å²) >= 11 is 0. The van der Waals surface area contributed by atoms with Gasteiger partial charge >= 0.3 is 0 Å². The van der Waals surface area contributed by atoms with Gasteiger partial charge < -0.3 is 14.6 Å². The van der Waals surface area contributed by atoms with Crippen molar-refractivity contribution in [3.63, 3.8) is 0 Å². The number of nitrogens with one attached hydrogen (secondary N) is 3. The highest BCUT2D eigenvalue weighted by Crippen LogP contribution is 2.14. The number of hydrogen-bond donors (Lipinski definition) is 3. The largest absolute Gasteiger partial charge is 0.460 e. The molecule has 0 spiro atoms. The minimum Gasteiger partial charge on any atom is -0.460 e. The fourth-order valence-corrected chi connectivity index (χ4v) is 3.83. The number of rotatable bonds is 8. The summed E-state index contributed by atoms with van der Waals surface area (Å²) in [6, 6.07) is 9.45. The molecule has 0 fully saturated rings. The van der Waals surface area contributed by atoms with Gasteiger partial charge in [-0.05, 0) is 64.1 Å². The Morgan fingerprint density at radius 2 is 1.74 bits per heavy atom. The lowest BCUT2D eigenvalue weighted by Crippen LogP contribution is -3.12. The van der Waals surface area contributed by atoms with Crippen molar-refractivity contribution < 1.29 is 22.5 Å². The van der Waals surface area contributed by atoms with Crippen LogP contribution in [0.25, 0.3) is 0 Å². The summed E-state index contributed by atoms with van der Waals surface area (Å²) in [6.07, 6.45) is 0. The van der Waals surface area contributed by atoms with Crippen LogP contribution < -0.4 is 14.9 Å². The van der Waals surface area contributed by atoms with Crippen LogP contribution in [0.3, 0.4) is 0 Å². The quantitative estimate of drug-likeness (QED) is 0.630. The first-order chi connectivity index (χ1) is 12.6. The molecule has 0 saturated heterocycles. The van der Waals surface area contributed by atoms with Crippen molar-refractivity contribution in [1.29, 1.82) is 0 Å². The summed E-state index contributed by atoms with van der Waals surface area (Å²) < 4.78 is 32.4. The fourth-order valence-electron chi connectivity index (χ4n) is 2.58. The van der Waals surface area contributed by atoms with Crippen LogP contribution in [-0.4, -0.2) is 33.5 Å². The molecule has 0 saturated carbocycles. The number of anilines is 1. The molecule has 3 N–H and O–H groups in total.